The predicted molar refractivity (Wildman–Crippen MR) is 215 cm³/mol. The zero-order chi connectivity index (χ0) is 43.7. The van der Waals surface area contributed by atoms with E-state index in [0.717, 1.165) is 0 Å². The molecule has 1 saturated heterocycles. The van der Waals surface area contributed by atoms with Crippen LogP contribution in [0, 0.1) is 40.4 Å². The summed E-state index contributed by atoms with van der Waals surface area (Å²) in [6, 6.07) is 14.8. The molecule has 1 heterocycles. The maximum absolute atomic E-state index is 15.6. The molecule has 2 bridgehead atoms. The molecule has 1 aliphatic heterocycles. The van der Waals surface area contributed by atoms with Crippen molar-refractivity contribution in [1.82, 2.24) is 10.6 Å². The Hall–Kier alpha value is -4.66. The Morgan fingerprint density at radius 1 is 0.950 bits per heavy atom. The van der Waals surface area contributed by atoms with Gasteiger partial charge in [-0.15, -0.1) is 0 Å². The van der Waals surface area contributed by atoms with E-state index in [2.05, 4.69) is 10.6 Å². The van der Waals surface area contributed by atoms with Crippen LogP contribution in [0.4, 0.5) is 4.79 Å². The number of benzene rings is 2. The molecule has 2 amide bonds. The molecule has 2 aromatic rings. The molecule has 324 valence electrons. The highest BCUT2D eigenvalue weighted by Gasteiger charge is 2.84. The zero-order valence-electron chi connectivity index (χ0n) is 35.6. The Bertz CT molecular complexity index is 2030. The smallest absolute Gasteiger partial charge is 0.338 e. The number of hydrogen-bond donors (Lipinski definition) is 4. The third-order valence-electron chi connectivity index (χ3n) is 14.2. The first-order chi connectivity index (χ1) is 28.1. The maximum Gasteiger partial charge on any atom is 0.338 e. The normalized spacial score (nSPS) is 35.8. The minimum absolute atomic E-state index is 0.113. The van der Waals surface area contributed by atoms with Gasteiger partial charge in [0.1, 0.15) is 35.5 Å². The summed E-state index contributed by atoms with van der Waals surface area (Å²) in [5, 5.41) is 31.0. The van der Waals surface area contributed by atoms with Crippen molar-refractivity contribution in [2.45, 2.75) is 128 Å². The zero-order valence-corrected chi connectivity index (χ0v) is 35.6. The number of esters is 3. The summed E-state index contributed by atoms with van der Waals surface area (Å²) in [5.74, 6) is -6.88. The number of carbonyl (C=O) groups excluding carboxylic acids is 6. The highest BCUT2D eigenvalue weighted by atomic mass is 16.6. The number of ether oxygens (including phenoxy) is 4. The number of rotatable bonds is 10. The van der Waals surface area contributed by atoms with Gasteiger partial charge in [0.2, 0.25) is 0 Å². The van der Waals surface area contributed by atoms with E-state index < -0.39 is 106 Å². The summed E-state index contributed by atoms with van der Waals surface area (Å²) in [4.78, 5) is 83.5. The summed E-state index contributed by atoms with van der Waals surface area (Å²) in [6.45, 7) is 13.2. The lowest BCUT2D eigenvalue weighted by molar-refractivity contribution is -0.333. The highest BCUT2D eigenvalue weighted by Crippen LogP contribution is 2.75. The van der Waals surface area contributed by atoms with Crippen LogP contribution in [-0.2, 0) is 38.1 Å². The van der Waals surface area contributed by atoms with Crippen molar-refractivity contribution in [2.75, 3.05) is 6.61 Å². The van der Waals surface area contributed by atoms with Gasteiger partial charge in [0.25, 0.3) is 0 Å². The molecule has 5 aliphatic rings. The molecule has 1 spiro atoms. The van der Waals surface area contributed by atoms with Gasteiger partial charge < -0.3 is 44.6 Å². The van der Waals surface area contributed by atoms with E-state index in [-0.39, 0.29) is 42.5 Å². The predicted octanol–water partition coefficient (Wildman–Crippen LogP) is 4.64. The molecule has 4 aliphatic carbocycles. The van der Waals surface area contributed by atoms with Gasteiger partial charge in [-0.3, -0.25) is 9.59 Å². The number of fused-ring (bicyclic) bond motifs is 4. The molecule has 14 heteroatoms. The Morgan fingerprint density at radius 2 is 1.58 bits per heavy atom. The van der Waals surface area contributed by atoms with Crippen molar-refractivity contribution in [3.8, 4) is 0 Å². The van der Waals surface area contributed by atoms with Gasteiger partial charge >= 0.3 is 23.9 Å². The van der Waals surface area contributed by atoms with Crippen molar-refractivity contribution in [3.63, 3.8) is 0 Å². The molecular weight excluding hydrogens is 773 g/mol. The van der Waals surface area contributed by atoms with Gasteiger partial charge in [-0.05, 0) is 76.0 Å². The van der Waals surface area contributed by atoms with Gasteiger partial charge in [-0.1, -0.05) is 69.3 Å². The fourth-order valence-corrected chi connectivity index (χ4v) is 11.6. The summed E-state index contributed by atoms with van der Waals surface area (Å²) in [7, 11) is 0. The lowest BCUT2D eigenvalue weighted by Gasteiger charge is -2.66. The van der Waals surface area contributed by atoms with Crippen LogP contribution < -0.4 is 10.6 Å². The summed E-state index contributed by atoms with van der Waals surface area (Å²) in [6.07, 6.45) is -5.06. The second-order valence-electron chi connectivity index (χ2n) is 19.5. The summed E-state index contributed by atoms with van der Waals surface area (Å²) >= 11 is 0. The van der Waals surface area contributed by atoms with E-state index >= 15 is 4.79 Å². The molecule has 7 rings (SSSR count). The van der Waals surface area contributed by atoms with Crippen LogP contribution in [0.1, 0.15) is 103 Å². The molecule has 2 unspecified atom stereocenters. The molecule has 0 aromatic heterocycles. The van der Waals surface area contributed by atoms with Crippen LogP contribution in [-0.4, -0.2) is 93.5 Å². The minimum Gasteiger partial charge on any atom is -0.460 e. The topological polar surface area (TPSA) is 204 Å². The molecule has 0 radical (unpaired) electrons. The molecule has 5 fully saturated rings. The standard InChI is InChI=1S/C46H58N2O12/c1-24(49)19-30-33-25(2)31(58-40(54)35(51)34(27-15-11-9-12-16-27)47-41(55)48-42(4,5)6)22-46(56,43(33,7)8)38(59-39(53)28-17-13-10-14-18-28)36-44(37(30)52)21-29(44)20-32-45(36,23-57-32)60-26(3)50/h9-18,25,29-36,38,51,56H,19-23H2,1-8H3,(H2,47,48,55)/t25?,29-,30-,31+,32-,33?,34+,35-,36+,38+,44-,45+,46-/m1/s1. The largest absolute Gasteiger partial charge is 0.460 e. The lowest BCUT2D eigenvalue weighted by Crippen LogP contribution is -2.79. The first-order valence-corrected chi connectivity index (χ1v) is 20.9. The molecule has 13 atom stereocenters. The Kier molecular flexibility index (Phi) is 11.1. The van der Waals surface area contributed by atoms with Gasteiger partial charge in [-0.25, -0.2) is 14.4 Å². The number of urea groups is 1. The van der Waals surface area contributed by atoms with Crippen molar-refractivity contribution in [2.24, 2.45) is 40.4 Å². The number of carbonyl (C=O) groups is 6. The van der Waals surface area contributed by atoms with Crippen LogP contribution in [0.5, 0.6) is 0 Å². The van der Waals surface area contributed by atoms with E-state index in [1.165, 1.54) is 13.8 Å². The number of nitrogens with one attached hydrogen (secondary N) is 2. The summed E-state index contributed by atoms with van der Waals surface area (Å²) in [5.41, 5.74) is -6.15. The average molecular weight is 831 g/mol. The Balaban J connectivity index is 1.35. The highest BCUT2D eigenvalue weighted by molar-refractivity contribution is 5.95. The Morgan fingerprint density at radius 3 is 2.15 bits per heavy atom. The number of aliphatic hydroxyl groups excluding tert-OH is 1. The number of hydrogen-bond acceptors (Lipinski definition) is 12. The number of aliphatic hydroxyl groups is 2. The van der Waals surface area contributed by atoms with E-state index in [0.29, 0.717) is 18.4 Å². The van der Waals surface area contributed by atoms with Crippen molar-refractivity contribution in [1.29, 1.82) is 0 Å². The summed E-state index contributed by atoms with van der Waals surface area (Å²) < 4.78 is 25.0. The van der Waals surface area contributed by atoms with E-state index in [1.807, 2.05) is 0 Å². The molecule has 60 heavy (non-hydrogen) atoms. The van der Waals surface area contributed by atoms with Crippen LogP contribution >= 0.6 is 0 Å². The van der Waals surface area contributed by atoms with Crippen molar-refractivity contribution in [3.05, 3.63) is 71.8 Å². The maximum atomic E-state index is 15.6. The second-order valence-corrected chi connectivity index (χ2v) is 19.5. The number of Topliss-reactive ketones (excluding diaryl/α,β-unsaturated/α-hetero) is 2. The average Bonchev–Trinajstić information content (AvgIpc) is 3.90. The van der Waals surface area contributed by atoms with Gasteiger partial charge in [0.15, 0.2) is 11.7 Å². The molecule has 14 nitrogen and oxygen atoms in total. The van der Waals surface area contributed by atoms with E-state index in [4.69, 9.17) is 18.9 Å². The minimum atomic E-state index is -2.10. The third-order valence-corrected chi connectivity index (χ3v) is 14.2. The molecule has 4 saturated carbocycles. The van der Waals surface area contributed by atoms with Crippen LogP contribution in [0.25, 0.3) is 0 Å². The molecule has 2 aromatic carbocycles. The van der Waals surface area contributed by atoms with Gasteiger partial charge in [0.05, 0.1) is 24.1 Å². The first-order valence-electron chi connectivity index (χ1n) is 20.9. The SMILES string of the molecule is CC(=O)C[C@H]1C(=O)[C@]23C[C@H]2C[C@H]2OC[C@@]2(OC(C)=O)[C@H]3[C@H](OC(=O)c2ccccc2)[C@]2(O)C[C@H](OC(=O)[C@H](O)[C@@H](NC(=O)NC(C)(C)C)c3ccccc3)C(C)C1C2(C)C. The van der Waals surface area contributed by atoms with E-state index in [9.17, 15) is 34.2 Å². The number of amides is 2. The first kappa shape index (κ1) is 43.4. The van der Waals surface area contributed by atoms with Crippen LogP contribution in [0.3, 0.4) is 0 Å². The Labute approximate surface area is 350 Å². The fourth-order valence-electron chi connectivity index (χ4n) is 11.6. The van der Waals surface area contributed by atoms with Gasteiger partial charge in [-0.2, -0.15) is 0 Å². The third kappa shape index (κ3) is 7.21. The van der Waals surface area contributed by atoms with Crippen LogP contribution in [0.15, 0.2) is 60.7 Å². The van der Waals surface area contributed by atoms with E-state index in [1.54, 1.807) is 102 Å². The molecule has 4 N–H and O–H groups in total. The van der Waals surface area contributed by atoms with Crippen molar-refractivity contribution >= 4 is 35.5 Å². The quantitative estimate of drug-likeness (QED) is 0.191. The monoisotopic (exact) mass is 830 g/mol. The second kappa shape index (κ2) is 15.4. The number of ketones is 2. The lowest BCUT2D eigenvalue weighted by atomic mass is 9.43. The molecular formula is C46H58N2O12. The van der Waals surface area contributed by atoms with Crippen LogP contribution in [0.2, 0.25) is 0 Å². The fraction of sp³-hybridized carbons (Fsp3) is 0.609. The van der Waals surface area contributed by atoms with Crippen molar-refractivity contribution < 1.29 is 57.9 Å². The van der Waals surface area contributed by atoms with Gasteiger partial charge in [0, 0.05) is 42.1 Å².